The quantitative estimate of drug-likeness (QED) is 0.207. The van der Waals surface area contributed by atoms with Gasteiger partial charge >= 0.3 is 0 Å². The van der Waals surface area contributed by atoms with Crippen LogP contribution in [0, 0.1) is 0 Å². The van der Waals surface area contributed by atoms with Crippen LogP contribution < -0.4 is 4.74 Å². The molecule has 8 heteroatoms. The standard InChI is InChI=1S/C26H42O7S/c1-3-5-7-9-11-23(27)19-32-25-14-13-22-18-26(34(29,30)31,16-15-21(22)17-25)33-20-24(28)12-10-8-6-4-2/h13-17,23-24,27-28H,3-12,18-20H2,1-2H3,(H,29,30,31). The Kier molecular flexibility index (Phi) is 12.0. The fourth-order valence-electron chi connectivity index (χ4n) is 4.08. The van der Waals surface area contributed by atoms with E-state index < -0.39 is 27.3 Å². The summed E-state index contributed by atoms with van der Waals surface area (Å²) in [6, 6.07) is 5.25. The SMILES string of the molecule is CCCCCCC(O)COc1ccc2c(c1)C=CC(OCC(O)CCCCCC)(S(=O)(=O)O)C2. The van der Waals surface area contributed by atoms with Gasteiger partial charge in [0.25, 0.3) is 10.1 Å². The van der Waals surface area contributed by atoms with Crippen LogP contribution in [0.5, 0.6) is 5.75 Å². The molecule has 1 aromatic rings. The van der Waals surface area contributed by atoms with E-state index in [4.69, 9.17) is 9.47 Å². The molecule has 0 fully saturated rings. The highest BCUT2D eigenvalue weighted by atomic mass is 32.2. The Morgan fingerprint density at radius 1 is 0.941 bits per heavy atom. The molecule has 7 nitrogen and oxygen atoms in total. The molecule has 3 atom stereocenters. The molecule has 194 valence electrons. The van der Waals surface area contributed by atoms with Gasteiger partial charge in [0.15, 0.2) is 0 Å². The summed E-state index contributed by atoms with van der Waals surface area (Å²) in [7, 11) is -4.58. The van der Waals surface area contributed by atoms with Crippen LogP contribution in [0.1, 0.15) is 89.2 Å². The van der Waals surface area contributed by atoms with Crippen molar-refractivity contribution in [1.82, 2.24) is 0 Å². The predicted molar refractivity (Wildman–Crippen MR) is 134 cm³/mol. The normalized spacial score (nSPS) is 19.6. The number of hydrogen-bond acceptors (Lipinski definition) is 6. The fourth-order valence-corrected chi connectivity index (χ4v) is 4.88. The number of benzene rings is 1. The highest BCUT2D eigenvalue weighted by Crippen LogP contribution is 2.34. The van der Waals surface area contributed by atoms with Crippen molar-refractivity contribution in [3.63, 3.8) is 0 Å². The lowest BCUT2D eigenvalue weighted by Crippen LogP contribution is -2.44. The van der Waals surface area contributed by atoms with Gasteiger partial charge in [-0.25, -0.2) is 0 Å². The van der Waals surface area contributed by atoms with E-state index in [2.05, 4.69) is 13.8 Å². The molecular formula is C26H42O7S. The van der Waals surface area contributed by atoms with Crippen LogP contribution in [-0.2, 0) is 21.3 Å². The van der Waals surface area contributed by atoms with Crippen molar-refractivity contribution >= 4 is 16.2 Å². The van der Waals surface area contributed by atoms with E-state index in [0.29, 0.717) is 24.2 Å². The summed E-state index contributed by atoms with van der Waals surface area (Å²) in [5, 5.41) is 20.3. The van der Waals surface area contributed by atoms with Crippen LogP contribution in [0.2, 0.25) is 0 Å². The second kappa shape index (κ2) is 14.2. The topological polar surface area (TPSA) is 113 Å². The van der Waals surface area contributed by atoms with Crippen LogP contribution in [0.25, 0.3) is 6.08 Å². The van der Waals surface area contributed by atoms with E-state index in [9.17, 15) is 23.2 Å². The monoisotopic (exact) mass is 498 g/mol. The number of aliphatic hydroxyl groups excluding tert-OH is 2. The lowest BCUT2D eigenvalue weighted by atomic mass is 9.95. The maximum Gasteiger partial charge on any atom is 0.299 e. The maximum atomic E-state index is 12.2. The van der Waals surface area contributed by atoms with Crippen molar-refractivity contribution in [1.29, 1.82) is 0 Å². The second-order valence-corrected chi connectivity index (χ2v) is 10.9. The zero-order valence-corrected chi connectivity index (χ0v) is 21.4. The van der Waals surface area contributed by atoms with Crippen LogP contribution in [0.4, 0.5) is 0 Å². The summed E-state index contributed by atoms with van der Waals surface area (Å²) in [5.41, 5.74) is 1.45. The highest BCUT2D eigenvalue weighted by molar-refractivity contribution is 7.87. The van der Waals surface area contributed by atoms with Gasteiger partial charge < -0.3 is 19.7 Å². The van der Waals surface area contributed by atoms with Crippen molar-refractivity contribution < 1.29 is 32.7 Å². The average Bonchev–Trinajstić information content (AvgIpc) is 2.81. The molecule has 0 saturated carbocycles. The summed E-state index contributed by atoms with van der Waals surface area (Å²) >= 11 is 0. The third kappa shape index (κ3) is 8.96. The third-order valence-corrected chi connectivity index (χ3v) is 7.52. The zero-order chi connectivity index (χ0) is 25.0. The molecule has 0 heterocycles. The van der Waals surface area contributed by atoms with Gasteiger partial charge in [-0.05, 0) is 42.2 Å². The number of ether oxygens (including phenoxy) is 2. The van der Waals surface area contributed by atoms with E-state index in [0.717, 1.165) is 56.9 Å². The summed E-state index contributed by atoms with van der Waals surface area (Å²) in [4.78, 5) is -1.93. The number of aliphatic hydroxyl groups is 2. The van der Waals surface area contributed by atoms with E-state index in [1.165, 1.54) is 6.08 Å². The molecule has 0 radical (unpaired) electrons. The first kappa shape index (κ1) is 28.8. The Hall–Kier alpha value is -1.45. The van der Waals surface area contributed by atoms with Gasteiger partial charge in [-0.3, -0.25) is 4.55 Å². The van der Waals surface area contributed by atoms with Crippen molar-refractivity contribution in [3.05, 3.63) is 35.4 Å². The van der Waals surface area contributed by atoms with Crippen molar-refractivity contribution in [2.75, 3.05) is 13.2 Å². The number of fused-ring (bicyclic) bond motifs is 1. The third-order valence-electron chi connectivity index (χ3n) is 6.25. The number of hydrogen-bond donors (Lipinski definition) is 3. The van der Waals surface area contributed by atoms with Crippen LogP contribution in [0.3, 0.4) is 0 Å². The lowest BCUT2D eigenvalue weighted by Gasteiger charge is -2.32. The molecule has 34 heavy (non-hydrogen) atoms. The fraction of sp³-hybridized carbons (Fsp3) is 0.692. The van der Waals surface area contributed by atoms with Gasteiger partial charge in [0.1, 0.15) is 12.4 Å². The van der Waals surface area contributed by atoms with E-state index in [1.54, 1.807) is 24.3 Å². The highest BCUT2D eigenvalue weighted by Gasteiger charge is 2.44. The zero-order valence-electron chi connectivity index (χ0n) is 20.6. The first-order valence-electron chi connectivity index (χ1n) is 12.6. The minimum Gasteiger partial charge on any atom is -0.491 e. The largest absolute Gasteiger partial charge is 0.491 e. The van der Waals surface area contributed by atoms with Crippen LogP contribution in [-0.4, -0.2) is 53.5 Å². The maximum absolute atomic E-state index is 12.2. The Bertz CT molecular complexity index is 868. The summed E-state index contributed by atoms with van der Waals surface area (Å²) in [6.45, 7) is 4.28. The van der Waals surface area contributed by atoms with Gasteiger partial charge in [0.05, 0.1) is 18.8 Å². The van der Waals surface area contributed by atoms with E-state index in [-0.39, 0.29) is 19.6 Å². The predicted octanol–water partition coefficient (Wildman–Crippen LogP) is 4.90. The molecule has 0 aromatic heterocycles. The van der Waals surface area contributed by atoms with Crippen molar-refractivity contribution in [2.24, 2.45) is 0 Å². The minimum atomic E-state index is -4.58. The molecule has 0 spiro atoms. The Morgan fingerprint density at radius 2 is 1.56 bits per heavy atom. The van der Waals surface area contributed by atoms with Crippen molar-refractivity contribution in [3.8, 4) is 5.75 Å². The molecular weight excluding hydrogens is 456 g/mol. The Balaban J connectivity index is 1.97. The number of rotatable bonds is 17. The molecule has 3 N–H and O–H groups in total. The molecule has 1 aliphatic carbocycles. The van der Waals surface area contributed by atoms with E-state index >= 15 is 0 Å². The first-order chi connectivity index (χ1) is 16.2. The average molecular weight is 499 g/mol. The van der Waals surface area contributed by atoms with Crippen molar-refractivity contribution in [2.45, 2.75) is 102 Å². The molecule has 0 saturated heterocycles. The molecule has 3 unspecified atom stereocenters. The van der Waals surface area contributed by atoms with Gasteiger partial charge in [-0.15, -0.1) is 0 Å². The minimum absolute atomic E-state index is 0.0689. The molecule has 0 amide bonds. The summed E-state index contributed by atoms with van der Waals surface area (Å²) in [6.07, 6.45) is 11.2. The summed E-state index contributed by atoms with van der Waals surface area (Å²) < 4.78 is 45.8. The molecule has 2 rings (SSSR count). The lowest BCUT2D eigenvalue weighted by molar-refractivity contribution is -0.0173. The first-order valence-corrected chi connectivity index (χ1v) is 14.1. The molecule has 1 aliphatic rings. The van der Waals surface area contributed by atoms with Gasteiger partial charge in [-0.2, -0.15) is 8.42 Å². The van der Waals surface area contributed by atoms with Gasteiger partial charge in [0.2, 0.25) is 4.93 Å². The smallest absolute Gasteiger partial charge is 0.299 e. The molecule has 0 bridgehead atoms. The van der Waals surface area contributed by atoms with Gasteiger partial charge in [-0.1, -0.05) is 77.4 Å². The summed E-state index contributed by atoms with van der Waals surface area (Å²) in [5.74, 6) is 0.582. The molecule has 1 aromatic carbocycles. The van der Waals surface area contributed by atoms with E-state index in [1.807, 2.05) is 0 Å². The Labute approximate surface area is 204 Å². The Morgan fingerprint density at radius 3 is 2.15 bits per heavy atom. The molecule has 0 aliphatic heterocycles. The number of unbranched alkanes of at least 4 members (excludes halogenated alkanes) is 6. The van der Waals surface area contributed by atoms with Gasteiger partial charge in [0, 0.05) is 6.42 Å². The van der Waals surface area contributed by atoms with Crippen LogP contribution >= 0.6 is 0 Å². The second-order valence-electron chi connectivity index (χ2n) is 9.29. The van der Waals surface area contributed by atoms with Crippen LogP contribution in [0.15, 0.2) is 24.3 Å².